The fraction of sp³-hybridized carbons (Fsp3) is 0. The molecule has 3 N–H and O–H groups in total. The smallest absolute Gasteiger partial charge is 0.261 e. The van der Waals surface area contributed by atoms with Crippen LogP contribution in [0.2, 0.25) is 5.02 Å². The summed E-state index contributed by atoms with van der Waals surface area (Å²) in [6.07, 6.45) is 1.24. The topological polar surface area (TPSA) is 117 Å². The molecule has 3 rings (SSSR count). The molecular weight excluding hydrogens is 366 g/mol. The molecule has 0 spiro atoms. The molecule has 0 fully saturated rings. The number of anilines is 2. The first-order valence-electron chi connectivity index (χ1n) is 7.00. The molecule has 3 aromatic rings. The van der Waals surface area contributed by atoms with Crippen LogP contribution in [0, 0.1) is 0 Å². The molecule has 0 atom stereocenters. The molecule has 2 aromatic carbocycles. The van der Waals surface area contributed by atoms with E-state index in [1.807, 2.05) is 0 Å². The molecule has 1 amide bonds. The number of para-hydroxylation sites is 1. The number of carbonyl (C=O) groups is 1. The Bertz CT molecular complexity index is 1010. The lowest BCUT2D eigenvalue weighted by atomic mass is 10.2. The number of amides is 1. The van der Waals surface area contributed by atoms with Gasteiger partial charge in [0.2, 0.25) is 5.95 Å². The first kappa shape index (κ1) is 16.9. The number of hydrogen-bond donors (Lipinski definition) is 3. The fourth-order valence-corrected chi connectivity index (χ4v) is 3.36. The molecule has 0 aliphatic carbocycles. The van der Waals surface area contributed by atoms with E-state index >= 15 is 0 Å². The van der Waals surface area contributed by atoms with E-state index in [1.165, 1.54) is 30.6 Å². The maximum absolute atomic E-state index is 12.5. The third-order valence-corrected chi connectivity index (χ3v) is 4.86. The maximum Gasteiger partial charge on any atom is 0.261 e. The molecule has 1 aromatic heterocycles. The summed E-state index contributed by atoms with van der Waals surface area (Å²) in [7, 11) is -3.90. The van der Waals surface area contributed by atoms with Crippen LogP contribution < -0.4 is 10.0 Å². The Hall–Kier alpha value is -2.91. The normalized spacial score (nSPS) is 11.1. The highest BCUT2D eigenvalue weighted by Gasteiger charge is 2.18. The fourth-order valence-electron chi connectivity index (χ4n) is 2.00. The number of aromatic nitrogens is 3. The van der Waals surface area contributed by atoms with E-state index in [0.717, 1.165) is 0 Å². The van der Waals surface area contributed by atoms with Gasteiger partial charge >= 0.3 is 0 Å². The minimum Gasteiger partial charge on any atom is -0.291 e. The highest BCUT2D eigenvalue weighted by atomic mass is 35.5. The lowest BCUT2D eigenvalue weighted by Crippen LogP contribution is -2.16. The summed E-state index contributed by atoms with van der Waals surface area (Å²) in [5, 5.41) is 8.83. The first-order valence-corrected chi connectivity index (χ1v) is 8.86. The lowest BCUT2D eigenvalue weighted by molar-refractivity contribution is 0.102. The van der Waals surface area contributed by atoms with Crippen LogP contribution in [0.5, 0.6) is 0 Å². The number of sulfonamides is 1. The zero-order valence-electron chi connectivity index (χ0n) is 12.6. The van der Waals surface area contributed by atoms with Crippen molar-refractivity contribution in [1.29, 1.82) is 0 Å². The van der Waals surface area contributed by atoms with Gasteiger partial charge in [0.05, 0.1) is 15.6 Å². The van der Waals surface area contributed by atoms with Crippen molar-refractivity contribution in [3.8, 4) is 0 Å². The number of nitrogens with one attached hydrogen (secondary N) is 3. The van der Waals surface area contributed by atoms with E-state index in [2.05, 4.69) is 25.2 Å². The van der Waals surface area contributed by atoms with Crippen LogP contribution in [-0.2, 0) is 10.0 Å². The first-order chi connectivity index (χ1) is 12.0. The zero-order valence-corrected chi connectivity index (χ0v) is 14.2. The van der Waals surface area contributed by atoms with E-state index in [1.54, 1.807) is 24.3 Å². The SMILES string of the molecule is O=C(Nc1ncn[nH]1)c1cccc(S(=O)(=O)Nc2ccccc2Cl)c1. The highest BCUT2D eigenvalue weighted by molar-refractivity contribution is 7.92. The van der Waals surface area contributed by atoms with E-state index in [9.17, 15) is 13.2 Å². The van der Waals surface area contributed by atoms with Crippen molar-refractivity contribution in [2.45, 2.75) is 4.90 Å². The zero-order chi connectivity index (χ0) is 17.9. The van der Waals surface area contributed by atoms with Crippen molar-refractivity contribution < 1.29 is 13.2 Å². The van der Waals surface area contributed by atoms with Gasteiger partial charge in [-0.1, -0.05) is 29.8 Å². The summed E-state index contributed by atoms with van der Waals surface area (Å²) in [6.45, 7) is 0. The molecule has 0 bridgehead atoms. The summed E-state index contributed by atoms with van der Waals surface area (Å²) < 4.78 is 27.4. The summed E-state index contributed by atoms with van der Waals surface area (Å²) >= 11 is 5.97. The number of nitrogens with zero attached hydrogens (tertiary/aromatic N) is 2. The summed E-state index contributed by atoms with van der Waals surface area (Å²) in [4.78, 5) is 15.9. The van der Waals surface area contributed by atoms with Gasteiger partial charge in [0.25, 0.3) is 15.9 Å². The van der Waals surface area contributed by atoms with Gasteiger partial charge in [-0.05, 0) is 30.3 Å². The number of aromatic amines is 1. The second kappa shape index (κ2) is 6.91. The maximum atomic E-state index is 12.5. The van der Waals surface area contributed by atoms with Crippen LogP contribution in [0.15, 0.2) is 59.8 Å². The molecule has 8 nitrogen and oxygen atoms in total. The van der Waals surface area contributed by atoms with Crippen LogP contribution in [0.1, 0.15) is 10.4 Å². The Morgan fingerprint density at radius 3 is 2.64 bits per heavy atom. The standard InChI is InChI=1S/C15H12ClN5O3S/c16-12-6-1-2-7-13(12)21-25(23,24)11-5-3-4-10(8-11)14(22)19-15-17-9-18-20-15/h1-9,21H,(H2,17,18,19,20,22). The van der Waals surface area contributed by atoms with Crippen molar-refractivity contribution in [1.82, 2.24) is 15.2 Å². The summed E-state index contributed by atoms with van der Waals surface area (Å²) in [5.74, 6) is -0.362. The molecule has 128 valence electrons. The second-order valence-electron chi connectivity index (χ2n) is 4.90. The molecule has 0 aliphatic rings. The Balaban J connectivity index is 1.85. The van der Waals surface area contributed by atoms with Gasteiger partial charge in [0.15, 0.2) is 0 Å². The molecule has 0 radical (unpaired) electrons. The van der Waals surface area contributed by atoms with Gasteiger partial charge in [0, 0.05) is 5.56 Å². The molecule has 0 unspecified atom stereocenters. The monoisotopic (exact) mass is 377 g/mol. The molecule has 25 heavy (non-hydrogen) atoms. The minimum atomic E-state index is -3.90. The van der Waals surface area contributed by atoms with Crippen LogP contribution in [0.3, 0.4) is 0 Å². The Morgan fingerprint density at radius 2 is 1.92 bits per heavy atom. The van der Waals surface area contributed by atoms with E-state index in [-0.39, 0.29) is 27.1 Å². The van der Waals surface area contributed by atoms with E-state index in [4.69, 9.17) is 11.6 Å². The highest BCUT2D eigenvalue weighted by Crippen LogP contribution is 2.24. The number of rotatable bonds is 5. The quantitative estimate of drug-likeness (QED) is 0.631. The number of carbonyl (C=O) groups excluding carboxylic acids is 1. The number of halogens is 1. The van der Waals surface area contributed by atoms with Crippen LogP contribution in [0.4, 0.5) is 11.6 Å². The van der Waals surface area contributed by atoms with Gasteiger partial charge in [-0.3, -0.25) is 14.8 Å². The third-order valence-electron chi connectivity index (χ3n) is 3.17. The minimum absolute atomic E-state index is 0.0716. The Labute approximate surface area is 148 Å². The van der Waals surface area contributed by atoms with Gasteiger partial charge in [0.1, 0.15) is 6.33 Å². The Morgan fingerprint density at radius 1 is 1.12 bits per heavy atom. The Kier molecular flexibility index (Phi) is 4.68. The van der Waals surface area contributed by atoms with Crippen molar-refractivity contribution in [2.75, 3.05) is 10.0 Å². The molecule has 1 heterocycles. The van der Waals surface area contributed by atoms with Gasteiger partial charge in [-0.2, -0.15) is 10.1 Å². The number of hydrogen-bond acceptors (Lipinski definition) is 5. The van der Waals surface area contributed by atoms with Gasteiger partial charge in [-0.25, -0.2) is 13.5 Å². The van der Waals surface area contributed by atoms with Gasteiger partial charge in [-0.15, -0.1) is 0 Å². The third kappa shape index (κ3) is 3.95. The molecule has 0 saturated heterocycles. The molecular formula is C15H12ClN5O3S. The number of H-pyrrole nitrogens is 1. The summed E-state index contributed by atoms with van der Waals surface area (Å²) in [5.41, 5.74) is 0.402. The predicted octanol–water partition coefficient (Wildman–Crippen LogP) is 2.51. The average molecular weight is 378 g/mol. The van der Waals surface area contributed by atoms with Crippen molar-refractivity contribution in [3.63, 3.8) is 0 Å². The van der Waals surface area contributed by atoms with Crippen LogP contribution >= 0.6 is 11.6 Å². The summed E-state index contributed by atoms with van der Waals surface area (Å²) in [6, 6.07) is 12.0. The largest absolute Gasteiger partial charge is 0.291 e. The lowest BCUT2D eigenvalue weighted by Gasteiger charge is -2.10. The van der Waals surface area contributed by atoms with Crippen molar-refractivity contribution in [2.24, 2.45) is 0 Å². The molecule has 0 saturated carbocycles. The second-order valence-corrected chi connectivity index (χ2v) is 6.99. The van der Waals surface area contributed by atoms with Crippen molar-refractivity contribution >= 4 is 39.2 Å². The van der Waals surface area contributed by atoms with Crippen LogP contribution in [0.25, 0.3) is 0 Å². The predicted molar refractivity (Wildman–Crippen MR) is 93.0 cm³/mol. The van der Waals surface area contributed by atoms with Crippen LogP contribution in [-0.4, -0.2) is 29.5 Å². The van der Waals surface area contributed by atoms with E-state index < -0.39 is 15.9 Å². The average Bonchev–Trinajstić information content (AvgIpc) is 3.10. The van der Waals surface area contributed by atoms with Crippen molar-refractivity contribution in [3.05, 3.63) is 65.4 Å². The number of benzene rings is 2. The van der Waals surface area contributed by atoms with E-state index in [0.29, 0.717) is 0 Å². The van der Waals surface area contributed by atoms with Gasteiger partial charge < -0.3 is 0 Å². The molecule has 10 heteroatoms. The molecule has 0 aliphatic heterocycles.